The van der Waals surface area contributed by atoms with Gasteiger partial charge < -0.3 is 5.73 Å². The van der Waals surface area contributed by atoms with Crippen molar-refractivity contribution in [3.8, 4) is 0 Å². The summed E-state index contributed by atoms with van der Waals surface area (Å²) in [6, 6.07) is 8.61. The number of nitrogen functional groups attached to an aromatic ring is 1. The minimum absolute atomic E-state index is 0.0424. The smallest absolute Gasteiger partial charge is 0.126 e. The van der Waals surface area contributed by atoms with Gasteiger partial charge in [0.2, 0.25) is 0 Å². The molecule has 1 aromatic carbocycles. The van der Waals surface area contributed by atoms with Crippen LogP contribution in [0.3, 0.4) is 0 Å². The zero-order valence-electron chi connectivity index (χ0n) is 13.2. The van der Waals surface area contributed by atoms with E-state index in [2.05, 4.69) is 55.6 Å². The van der Waals surface area contributed by atoms with Crippen LogP contribution in [0.2, 0.25) is 0 Å². The lowest BCUT2D eigenvalue weighted by Crippen LogP contribution is -2.30. The fourth-order valence-electron chi connectivity index (χ4n) is 2.37. The van der Waals surface area contributed by atoms with Gasteiger partial charge in [0.25, 0.3) is 0 Å². The second kappa shape index (κ2) is 5.87. The van der Waals surface area contributed by atoms with E-state index in [0.717, 1.165) is 12.0 Å². The molecule has 114 valence electrons. The predicted molar refractivity (Wildman–Crippen MR) is 86.5 cm³/mol. The van der Waals surface area contributed by atoms with Crippen LogP contribution < -0.4 is 17.0 Å². The summed E-state index contributed by atoms with van der Waals surface area (Å²) in [6.45, 7) is 6.63. The van der Waals surface area contributed by atoms with Crippen LogP contribution in [0.4, 0.5) is 5.82 Å². The fourth-order valence-corrected chi connectivity index (χ4v) is 2.37. The average Bonchev–Trinajstić information content (AvgIpc) is 2.76. The van der Waals surface area contributed by atoms with E-state index < -0.39 is 0 Å². The van der Waals surface area contributed by atoms with Crippen molar-refractivity contribution in [1.29, 1.82) is 0 Å². The van der Waals surface area contributed by atoms with Crippen LogP contribution in [0.15, 0.2) is 30.5 Å². The third-order valence-corrected chi connectivity index (χ3v) is 3.85. The molecule has 0 amide bonds. The second-order valence-electron chi connectivity index (χ2n) is 6.48. The fraction of sp³-hybridized carbons (Fsp3) is 0.438. The highest BCUT2D eigenvalue weighted by atomic mass is 15.3. The van der Waals surface area contributed by atoms with Gasteiger partial charge in [-0.1, -0.05) is 45.0 Å². The molecule has 0 spiro atoms. The van der Waals surface area contributed by atoms with Crippen molar-refractivity contribution in [3.05, 3.63) is 47.2 Å². The molecule has 0 aliphatic rings. The topological polar surface area (TPSA) is 81.9 Å². The first-order valence-corrected chi connectivity index (χ1v) is 7.16. The van der Waals surface area contributed by atoms with Gasteiger partial charge in [0.05, 0.1) is 12.2 Å². The maximum absolute atomic E-state index is 6.02. The number of benzene rings is 1. The Morgan fingerprint density at radius 3 is 2.29 bits per heavy atom. The number of hydrogen-bond donors (Lipinski definition) is 3. The molecule has 5 nitrogen and oxygen atoms in total. The minimum atomic E-state index is -0.0424. The van der Waals surface area contributed by atoms with Gasteiger partial charge in [0.1, 0.15) is 5.82 Å². The van der Waals surface area contributed by atoms with Gasteiger partial charge in [0, 0.05) is 12.6 Å². The maximum Gasteiger partial charge on any atom is 0.126 e. The lowest BCUT2D eigenvalue weighted by molar-refractivity contribution is 0.552. The van der Waals surface area contributed by atoms with Crippen LogP contribution in [-0.4, -0.2) is 9.78 Å². The third kappa shape index (κ3) is 3.43. The quantitative estimate of drug-likeness (QED) is 0.594. The highest BCUT2D eigenvalue weighted by Crippen LogP contribution is 2.25. The highest BCUT2D eigenvalue weighted by Gasteiger charge is 2.18. The van der Waals surface area contributed by atoms with Gasteiger partial charge in [-0.3, -0.25) is 16.0 Å². The standard InChI is InChI=1S/C16H25N5/c1-16(2,3)12-7-5-11(6-8-12)9-14(20-18)13-10-19-21(4)15(13)17/h5-8,10,14,20H,9,17-18H2,1-4H3. The summed E-state index contributed by atoms with van der Waals surface area (Å²) >= 11 is 0. The van der Waals surface area contributed by atoms with Crippen LogP contribution in [0.25, 0.3) is 0 Å². The van der Waals surface area contributed by atoms with Crippen LogP contribution in [0.1, 0.15) is 43.5 Å². The number of nitrogens with one attached hydrogen (secondary N) is 1. The van der Waals surface area contributed by atoms with Crippen molar-refractivity contribution >= 4 is 5.82 Å². The van der Waals surface area contributed by atoms with Crippen molar-refractivity contribution in [1.82, 2.24) is 15.2 Å². The van der Waals surface area contributed by atoms with Gasteiger partial charge in [-0.2, -0.15) is 5.10 Å². The molecular weight excluding hydrogens is 262 g/mol. The number of aryl methyl sites for hydroxylation is 1. The van der Waals surface area contributed by atoms with E-state index in [1.807, 2.05) is 7.05 Å². The summed E-state index contributed by atoms with van der Waals surface area (Å²) in [5, 5.41) is 4.17. The molecule has 21 heavy (non-hydrogen) atoms. The summed E-state index contributed by atoms with van der Waals surface area (Å²) in [5.74, 6) is 6.33. The van der Waals surface area contributed by atoms with E-state index in [0.29, 0.717) is 5.82 Å². The zero-order chi connectivity index (χ0) is 15.6. The Bertz CT molecular complexity index is 592. The molecule has 0 aliphatic carbocycles. The number of rotatable bonds is 4. The van der Waals surface area contributed by atoms with Gasteiger partial charge in [-0.15, -0.1) is 0 Å². The maximum atomic E-state index is 6.02. The largest absolute Gasteiger partial charge is 0.384 e. The van der Waals surface area contributed by atoms with Gasteiger partial charge in [-0.05, 0) is 23.0 Å². The average molecular weight is 287 g/mol. The lowest BCUT2D eigenvalue weighted by Gasteiger charge is -2.20. The van der Waals surface area contributed by atoms with Crippen LogP contribution in [0.5, 0.6) is 0 Å². The minimum Gasteiger partial charge on any atom is -0.384 e. The Balaban J connectivity index is 2.18. The molecule has 0 aliphatic heterocycles. The summed E-state index contributed by atoms with van der Waals surface area (Å²) in [5.41, 5.74) is 12.5. The Morgan fingerprint density at radius 2 is 1.86 bits per heavy atom. The highest BCUT2D eigenvalue weighted by molar-refractivity contribution is 5.41. The molecule has 2 rings (SSSR count). The zero-order valence-corrected chi connectivity index (χ0v) is 13.2. The Hall–Kier alpha value is -1.85. The van der Waals surface area contributed by atoms with Crippen LogP contribution in [-0.2, 0) is 18.9 Å². The van der Waals surface area contributed by atoms with E-state index in [9.17, 15) is 0 Å². The van der Waals surface area contributed by atoms with E-state index >= 15 is 0 Å². The first-order valence-electron chi connectivity index (χ1n) is 7.16. The van der Waals surface area contributed by atoms with E-state index in [-0.39, 0.29) is 11.5 Å². The second-order valence-corrected chi connectivity index (χ2v) is 6.48. The van der Waals surface area contributed by atoms with Crippen LogP contribution in [0, 0.1) is 0 Å². The Kier molecular flexibility index (Phi) is 4.34. The molecule has 1 aromatic heterocycles. The Morgan fingerprint density at radius 1 is 1.24 bits per heavy atom. The van der Waals surface area contributed by atoms with Crippen molar-refractivity contribution in [2.75, 3.05) is 5.73 Å². The number of hydrazine groups is 1. The molecule has 0 saturated heterocycles. The molecule has 5 N–H and O–H groups in total. The summed E-state index contributed by atoms with van der Waals surface area (Å²) < 4.78 is 1.66. The molecule has 2 aromatic rings. The van der Waals surface area contributed by atoms with Crippen molar-refractivity contribution < 1.29 is 0 Å². The predicted octanol–water partition coefficient (Wildman–Crippen LogP) is 2.05. The van der Waals surface area contributed by atoms with Crippen LogP contribution >= 0.6 is 0 Å². The van der Waals surface area contributed by atoms with E-state index in [1.165, 1.54) is 11.1 Å². The summed E-state index contributed by atoms with van der Waals surface area (Å²) in [4.78, 5) is 0. The lowest BCUT2D eigenvalue weighted by atomic mass is 9.86. The molecule has 0 radical (unpaired) electrons. The number of nitrogens with two attached hydrogens (primary N) is 2. The first kappa shape index (κ1) is 15.5. The van der Waals surface area contributed by atoms with Crippen molar-refractivity contribution in [2.45, 2.75) is 38.6 Å². The Labute approximate surface area is 126 Å². The number of nitrogens with zero attached hydrogens (tertiary/aromatic N) is 2. The van der Waals surface area contributed by atoms with Crippen molar-refractivity contribution in [3.63, 3.8) is 0 Å². The molecular formula is C16H25N5. The van der Waals surface area contributed by atoms with Gasteiger partial charge in [-0.25, -0.2) is 0 Å². The normalized spacial score (nSPS) is 13.4. The molecule has 0 saturated carbocycles. The van der Waals surface area contributed by atoms with Crippen molar-refractivity contribution in [2.24, 2.45) is 12.9 Å². The third-order valence-electron chi connectivity index (χ3n) is 3.85. The monoisotopic (exact) mass is 287 g/mol. The number of aromatic nitrogens is 2. The van der Waals surface area contributed by atoms with Gasteiger partial charge >= 0.3 is 0 Å². The number of anilines is 1. The van der Waals surface area contributed by atoms with Gasteiger partial charge in [0.15, 0.2) is 0 Å². The molecule has 5 heteroatoms. The molecule has 1 atom stereocenters. The SMILES string of the molecule is Cn1ncc(C(Cc2ccc(C(C)(C)C)cc2)NN)c1N. The summed E-state index contributed by atoms with van der Waals surface area (Å²) in [6.07, 6.45) is 2.54. The molecule has 1 unspecified atom stereocenters. The van der Waals surface area contributed by atoms with E-state index in [1.54, 1.807) is 10.9 Å². The molecule has 0 fully saturated rings. The summed E-state index contributed by atoms with van der Waals surface area (Å²) in [7, 11) is 1.82. The molecule has 1 heterocycles. The first-order chi connectivity index (χ1) is 9.82. The number of hydrogen-bond acceptors (Lipinski definition) is 4. The van der Waals surface area contributed by atoms with E-state index in [4.69, 9.17) is 11.6 Å². The molecule has 0 bridgehead atoms.